The fourth-order valence-electron chi connectivity index (χ4n) is 0.621. The van der Waals surface area contributed by atoms with E-state index < -0.39 is 14.2 Å². The summed E-state index contributed by atoms with van der Waals surface area (Å²) >= 11 is 9.69. The minimum absolute atomic E-state index is 0.0454. The Labute approximate surface area is 108 Å². The number of aliphatic hydroxyl groups excluding tert-OH is 1. The van der Waals surface area contributed by atoms with Crippen LogP contribution < -0.4 is 0 Å². The number of hydrogen-bond donors (Lipinski definition) is 1. The van der Waals surface area contributed by atoms with Crippen molar-refractivity contribution in [2.24, 2.45) is 0 Å². The molecule has 1 N–H and O–H groups in total. The van der Waals surface area contributed by atoms with E-state index in [1.165, 1.54) is 0 Å². The van der Waals surface area contributed by atoms with Gasteiger partial charge in [0.1, 0.15) is 8.75 Å². The number of carbonyl (C=O) groups is 1. The van der Waals surface area contributed by atoms with E-state index in [9.17, 15) is 9.90 Å². The molecule has 0 spiro atoms. The Bertz CT molecular complexity index is 222. The smallest absolute Gasteiger partial charge is 0.333 e. The molecule has 82 valence electrons. The zero-order chi connectivity index (χ0) is 11.4. The van der Waals surface area contributed by atoms with Crippen LogP contribution in [-0.4, -0.2) is 25.9 Å². The Morgan fingerprint density at radius 2 is 2.07 bits per heavy atom. The molecule has 0 saturated heterocycles. The van der Waals surface area contributed by atoms with Crippen molar-refractivity contribution in [1.82, 2.24) is 0 Å². The van der Waals surface area contributed by atoms with Crippen molar-refractivity contribution >= 4 is 53.8 Å². The number of esters is 1. The largest absolute Gasteiger partial charge is 0.460 e. The van der Waals surface area contributed by atoms with Gasteiger partial charge in [-0.25, -0.2) is 4.79 Å². The summed E-state index contributed by atoms with van der Waals surface area (Å²) < 4.78 is 4.23. The normalized spacial score (nSPS) is 13.5. The lowest BCUT2D eigenvalue weighted by molar-refractivity contribution is -0.141. The second-order valence-electron chi connectivity index (χ2n) is 2.85. The van der Waals surface area contributed by atoms with Crippen LogP contribution in [0.5, 0.6) is 0 Å². The van der Waals surface area contributed by atoms with E-state index in [-0.39, 0.29) is 6.61 Å². The van der Waals surface area contributed by atoms with Gasteiger partial charge < -0.3 is 9.84 Å². The molecule has 0 bridgehead atoms. The Morgan fingerprint density at radius 3 is 2.43 bits per heavy atom. The van der Waals surface area contributed by atoms with Crippen LogP contribution >= 0.6 is 47.8 Å². The first-order chi connectivity index (χ1) is 6.22. The molecular formula is C8H11Br3O3. The number of rotatable bonds is 4. The van der Waals surface area contributed by atoms with Crippen molar-refractivity contribution in [2.45, 2.75) is 21.6 Å². The molecule has 1 unspecified atom stereocenters. The van der Waals surface area contributed by atoms with E-state index >= 15 is 0 Å². The van der Waals surface area contributed by atoms with E-state index in [2.05, 4.69) is 54.4 Å². The maximum atomic E-state index is 10.9. The summed E-state index contributed by atoms with van der Waals surface area (Å²) in [6.07, 6.45) is -0.382. The van der Waals surface area contributed by atoms with Gasteiger partial charge in [-0.1, -0.05) is 54.4 Å². The third-order valence-corrected chi connectivity index (χ3v) is 2.19. The van der Waals surface area contributed by atoms with Crippen LogP contribution in [-0.2, 0) is 9.53 Å². The first kappa shape index (κ1) is 14.6. The second-order valence-corrected chi connectivity index (χ2v) is 10.1. The van der Waals surface area contributed by atoms with Crippen molar-refractivity contribution in [3.63, 3.8) is 0 Å². The lowest BCUT2D eigenvalue weighted by Gasteiger charge is -2.17. The Hall–Kier alpha value is 0.610. The highest BCUT2D eigenvalue weighted by atomic mass is 80.0. The van der Waals surface area contributed by atoms with Crippen molar-refractivity contribution < 1.29 is 14.6 Å². The van der Waals surface area contributed by atoms with Crippen molar-refractivity contribution in [1.29, 1.82) is 0 Å². The van der Waals surface area contributed by atoms with Crippen LogP contribution in [0, 0.1) is 0 Å². The number of carbonyl (C=O) groups excluding carboxylic acids is 1. The fraction of sp³-hybridized carbons (Fsp3) is 0.625. The molecule has 0 fully saturated rings. The van der Waals surface area contributed by atoms with Gasteiger partial charge in [-0.15, -0.1) is 0 Å². The molecular weight excluding hydrogens is 384 g/mol. The third-order valence-electron chi connectivity index (χ3n) is 1.22. The highest BCUT2D eigenvalue weighted by Crippen LogP contribution is 2.37. The molecule has 0 aliphatic rings. The average molecular weight is 395 g/mol. The van der Waals surface area contributed by atoms with Gasteiger partial charge >= 0.3 is 5.97 Å². The third kappa shape index (κ3) is 7.96. The molecule has 0 amide bonds. The van der Waals surface area contributed by atoms with Crippen molar-refractivity contribution in [3.05, 3.63) is 12.2 Å². The van der Waals surface area contributed by atoms with Crippen LogP contribution in [0.1, 0.15) is 13.3 Å². The number of alkyl halides is 3. The first-order valence-electron chi connectivity index (χ1n) is 3.80. The van der Waals surface area contributed by atoms with E-state index in [0.717, 1.165) is 0 Å². The van der Waals surface area contributed by atoms with E-state index in [4.69, 9.17) is 4.74 Å². The summed E-state index contributed by atoms with van der Waals surface area (Å²) in [6, 6.07) is 0. The minimum Gasteiger partial charge on any atom is -0.460 e. The number of hydrogen-bond acceptors (Lipinski definition) is 3. The molecule has 0 aliphatic carbocycles. The van der Waals surface area contributed by atoms with Gasteiger partial charge in [0.05, 0.1) is 6.10 Å². The second kappa shape index (κ2) is 6.25. The predicted molar refractivity (Wildman–Crippen MR) is 65.9 cm³/mol. The summed E-state index contributed by atoms with van der Waals surface area (Å²) in [6.45, 7) is 4.93. The minimum atomic E-state index is -0.739. The molecule has 0 aromatic rings. The molecule has 0 rings (SSSR count). The Balaban J connectivity index is 3.80. The van der Waals surface area contributed by atoms with E-state index in [1.807, 2.05) is 0 Å². The summed E-state index contributed by atoms with van der Waals surface area (Å²) in [7, 11) is 0. The maximum Gasteiger partial charge on any atom is 0.333 e. The maximum absolute atomic E-state index is 10.9. The van der Waals surface area contributed by atoms with Crippen LogP contribution in [0.15, 0.2) is 12.2 Å². The number of halogens is 3. The van der Waals surface area contributed by atoms with Crippen LogP contribution in [0.2, 0.25) is 0 Å². The first-order valence-corrected chi connectivity index (χ1v) is 6.17. The average Bonchev–Trinajstić information content (AvgIpc) is 1.96. The van der Waals surface area contributed by atoms with Gasteiger partial charge in [0, 0.05) is 12.0 Å². The molecule has 6 heteroatoms. The summed E-state index contributed by atoms with van der Waals surface area (Å²) in [5.74, 6) is -0.492. The van der Waals surface area contributed by atoms with Crippen LogP contribution in [0.3, 0.4) is 0 Å². The van der Waals surface area contributed by atoms with Gasteiger partial charge in [0.2, 0.25) is 0 Å². The molecule has 0 aromatic carbocycles. The highest BCUT2D eigenvalue weighted by molar-refractivity contribution is 9.39. The Kier molecular flexibility index (Phi) is 6.52. The zero-order valence-electron chi connectivity index (χ0n) is 7.60. The molecule has 0 saturated carbocycles. The quantitative estimate of drug-likeness (QED) is 0.453. The SMILES string of the molecule is C=C(C)C(=O)OCC(O)CC(Br)(Br)Br. The number of ether oxygens (including phenoxy) is 1. The standard InChI is InChI=1S/C8H11Br3O3/c1-5(2)7(13)14-4-6(12)3-8(9,10)11/h6,12H,1,3-4H2,2H3. The Morgan fingerprint density at radius 1 is 1.57 bits per heavy atom. The predicted octanol–water partition coefficient (Wildman–Crippen LogP) is 2.70. The molecule has 3 nitrogen and oxygen atoms in total. The van der Waals surface area contributed by atoms with Gasteiger partial charge in [-0.3, -0.25) is 0 Å². The molecule has 0 aromatic heterocycles. The van der Waals surface area contributed by atoms with Crippen LogP contribution in [0.25, 0.3) is 0 Å². The van der Waals surface area contributed by atoms with Crippen molar-refractivity contribution in [3.8, 4) is 0 Å². The summed E-state index contributed by atoms with van der Waals surface area (Å²) in [5.41, 5.74) is 0.319. The molecule has 14 heavy (non-hydrogen) atoms. The van der Waals surface area contributed by atoms with Crippen molar-refractivity contribution in [2.75, 3.05) is 6.61 Å². The zero-order valence-corrected chi connectivity index (χ0v) is 12.4. The summed E-state index contributed by atoms with van der Waals surface area (Å²) in [5, 5.41) is 9.42. The molecule has 0 aliphatic heterocycles. The fourth-order valence-corrected chi connectivity index (χ4v) is 1.74. The van der Waals surface area contributed by atoms with Gasteiger partial charge in [0.15, 0.2) is 0 Å². The lowest BCUT2D eigenvalue weighted by Crippen LogP contribution is -2.23. The van der Waals surface area contributed by atoms with Gasteiger partial charge in [0.25, 0.3) is 0 Å². The topological polar surface area (TPSA) is 46.5 Å². The van der Waals surface area contributed by atoms with E-state index in [0.29, 0.717) is 12.0 Å². The van der Waals surface area contributed by atoms with E-state index in [1.54, 1.807) is 6.92 Å². The highest BCUT2D eigenvalue weighted by Gasteiger charge is 2.23. The summed E-state index contributed by atoms with van der Waals surface area (Å²) in [4.78, 5) is 10.9. The molecule has 0 radical (unpaired) electrons. The lowest BCUT2D eigenvalue weighted by atomic mass is 10.3. The molecule has 0 heterocycles. The molecule has 1 atom stereocenters. The number of aliphatic hydroxyl groups is 1. The van der Waals surface area contributed by atoms with Gasteiger partial charge in [-0.05, 0) is 6.92 Å². The van der Waals surface area contributed by atoms with Crippen LogP contribution in [0.4, 0.5) is 0 Å². The van der Waals surface area contributed by atoms with Gasteiger partial charge in [-0.2, -0.15) is 0 Å². The monoisotopic (exact) mass is 392 g/mol.